The first-order valence-electron chi connectivity index (χ1n) is 6.59. The standard InChI is InChI=1S/C12H20N4O4/c1-20-7-6-16-10(13)9(11(18)14-12(16)19)15-4-2-8(17)3-5-15/h8,17H,2-7,13H2,1H3,(H,14,18,19). The van der Waals surface area contributed by atoms with Crippen molar-refractivity contribution in [2.75, 3.05) is 37.4 Å². The minimum absolute atomic E-state index is 0.146. The summed E-state index contributed by atoms with van der Waals surface area (Å²) in [5, 5.41) is 9.51. The molecule has 0 aromatic carbocycles. The monoisotopic (exact) mass is 284 g/mol. The average molecular weight is 284 g/mol. The van der Waals surface area contributed by atoms with Gasteiger partial charge < -0.3 is 20.5 Å². The number of H-pyrrole nitrogens is 1. The number of hydrogen-bond acceptors (Lipinski definition) is 6. The lowest BCUT2D eigenvalue weighted by atomic mass is 10.1. The first kappa shape index (κ1) is 14.6. The van der Waals surface area contributed by atoms with Crippen molar-refractivity contribution in [1.29, 1.82) is 0 Å². The van der Waals surface area contributed by atoms with Crippen LogP contribution in [0.1, 0.15) is 12.8 Å². The second-order valence-electron chi connectivity index (χ2n) is 4.86. The maximum Gasteiger partial charge on any atom is 0.330 e. The third kappa shape index (κ3) is 2.86. The fourth-order valence-corrected chi connectivity index (χ4v) is 2.38. The first-order valence-corrected chi connectivity index (χ1v) is 6.59. The third-order valence-electron chi connectivity index (χ3n) is 3.51. The highest BCUT2D eigenvalue weighted by molar-refractivity contribution is 5.62. The van der Waals surface area contributed by atoms with Crippen molar-refractivity contribution >= 4 is 11.5 Å². The van der Waals surface area contributed by atoms with Crippen LogP contribution in [0.3, 0.4) is 0 Å². The van der Waals surface area contributed by atoms with Crippen LogP contribution in [0, 0.1) is 0 Å². The smallest absolute Gasteiger partial charge is 0.330 e. The van der Waals surface area contributed by atoms with Gasteiger partial charge in [0.2, 0.25) is 0 Å². The van der Waals surface area contributed by atoms with Gasteiger partial charge in [-0.3, -0.25) is 14.3 Å². The summed E-state index contributed by atoms with van der Waals surface area (Å²) in [5.41, 5.74) is 5.25. The highest BCUT2D eigenvalue weighted by atomic mass is 16.5. The molecule has 1 aromatic rings. The van der Waals surface area contributed by atoms with Gasteiger partial charge in [0.1, 0.15) is 11.5 Å². The van der Waals surface area contributed by atoms with Crippen LogP contribution in [-0.4, -0.2) is 47.6 Å². The predicted octanol–water partition coefficient (Wildman–Crippen LogP) is -1.27. The number of aliphatic hydroxyl groups excluding tert-OH is 1. The van der Waals surface area contributed by atoms with Gasteiger partial charge in [0.05, 0.1) is 19.3 Å². The van der Waals surface area contributed by atoms with Crippen molar-refractivity contribution in [2.24, 2.45) is 0 Å². The van der Waals surface area contributed by atoms with Crippen molar-refractivity contribution in [3.05, 3.63) is 20.8 Å². The Hall–Kier alpha value is -1.80. The molecule has 1 fully saturated rings. The number of methoxy groups -OCH3 is 1. The van der Waals surface area contributed by atoms with Crippen LogP contribution in [0.15, 0.2) is 9.59 Å². The molecule has 0 bridgehead atoms. The summed E-state index contributed by atoms with van der Waals surface area (Å²) in [5.74, 6) is 0.146. The number of rotatable bonds is 4. The number of hydrogen-bond donors (Lipinski definition) is 3. The quantitative estimate of drug-likeness (QED) is 0.635. The van der Waals surface area contributed by atoms with Crippen LogP contribution in [0.25, 0.3) is 0 Å². The summed E-state index contributed by atoms with van der Waals surface area (Å²) in [6, 6.07) is 0. The SMILES string of the molecule is COCCn1c(N)c(N2CCC(O)CC2)c(=O)[nH]c1=O. The van der Waals surface area contributed by atoms with E-state index in [9.17, 15) is 14.7 Å². The van der Waals surface area contributed by atoms with Crippen molar-refractivity contribution in [3.8, 4) is 0 Å². The Kier molecular flexibility index (Phi) is 4.46. The molecule has 0 unspecified atom stereocenters. The Bertz CT molecular complexity index is 572. The van der Waals surface area contributed by atoms with Gasteiger partial charge in [0.15, 0.2) is 0 Å². The van der Waals surface area contributed by atoms with Crippen LogP contribution in [0.2, 0.25) is 0 Å². The van der Waals surface area contributed by atoms with E-state index in [1.807, 2.05) is 4.90 Å². The van der Waals surface area contributed by atoms with Gasteiger partial charge in [-0.1, -0.05) is 0 Å². The number of nitrogens with one attached hydrogen (secondary N) is 1. The molecule has 112 valence electrons. The van der Waals surface area contributed by atoms with E-state index in [2.05, 4.69) is 4.98 Å². The van der Waals surface area contributed by atoms with E-state index in [0.29, 0.717) is 38.2 Å². The van der Waals surface area contributed by atoms with Crippen molar-refractivity contribution < 1.29 is 9.84 Å². The zero-order valence-electron chi connectivity index (χ0n) is 11.5. The summed E-state index contributed by atoms with van der Waals surface area (Å²) in [4.78, 5) is 27.8. The molecule has 0 radical (unpaired) electrons. The molecular weight excluding hydrogens is 264 g/mol. The summed E-state index contributed by atoms with van der Waals surface area (Å²) in [6.45, 7) is 1.68. The lowest BCUT2D eigenvalue weighted by molar-refractivity contribution is 0.145. The Morgan fingerprint density at radius 1 is 1.40 bits per heavy atom. The molecule has 1 aromatic heterocycles. The summed E-state index contributed by atoms with van der Waals surface area (Å²) < 4.78 is 6.23. The van der Waals surface area contributed by atoms with Crippen LogP contribution >= 0.6 is 0 Å². The maximum absolute atomic E-state index is 12.0. The largest absolute Gasteiger partial charge is 0.393 e. The van der Waals surface area contributed by atoms with E-state index in [1.54, 1.807) is 0 Å². The normalized spacial score (nSPS) is 16.6. The van der Waals surface area contributed by atoms with E-state index in [0.717, 1.165) is 0 Å². The lowest BCUT2D eigenvalue weighted by Crippen LogP contribution is -2.43. The predicted molar refractivity (Wildman–Crippen MR) is 75.1 cm³/mol. The highest BCUT2D eigenvalue weighted by Crippen LogP contribution is 2.21. The summed E-state index contributed by atoms with van der Waals surface area (Å²) >= 11 is 0. The van der Waals surface area contributed by atoms with Crippen molar-refractivity contribution in [2.45, 2.75) is 25.5 Å². The number of ether oxygens (including phenoxy) is 1. The zero-order chi connectivity index (χ0) is 14.7. The van der Waals surface area contributed by atoms with E-state index in [1.165, 1.54) is 11.7 Å². The molecule has 0 spiro atoms. The Morgan fingerprint density at radius 3 is 2.65 bits per heavy atom. The van der Waals surface area contributed by atoms with Gasteiger partial charge in [0.25, 0.3) is 5.56 Å². The third-order valence-corrected chi connectivity index (χ3v) is 3.51. The minimum Gasteiger partial charge on any atom is -0.393 e. The number of aromatic amines is 1. The molecule has 4 N–H and O–H groups in total. The van der Waals surface area contributed by atoms with Gasteiger partial charge >= 0.3 is 5.69 Å². The number of nitrogens with zero attached hydrogens (tertiary/aromatic N) is 2. The number of piperidine rings is 1. The second kappa shape index (κ2) is 6.10. The van der Waals surface area contributed by atoms with Crippen molar-refractivity contribution in [1.82, 2.24) is 9.55 Å². The summed E-state index contributed by atoms with van der Waals surface area (Å²) in [7, 11) is 1.53. The number of aliphatic hydroxyl groups is 1. The lowest BCUT2D eigenvalue weighted by Gasteiger charge is -2.31. The van der Waals surface area contributed by atoms with E-state index < -0.39 is 11.2 Å². The molecule has 2 rings (SSSR count). The van der Waals surface area contributed by atoms with Crippen LogP contribution < -0.4 is 21.9 Å². The maximum atomic E-state index is 12.0. The molecule has 0 saturated carbocycles. The van der Waals surface area contributed by atoms with Crippen LogP contribution in [0.5, 0.6) is 0 Å². The summed E-state index contributed by atoms with van der Waals surface area (Å²) in [6.07, 6.45) is 0.817. The molecule has 1 aliphatic rings. The fourth-order valence-electron chi connectivity index (χ4n) is 2.38. The zero-order valence-corrected chi connectivity index (χ0v) is 11.5. The van der Waals surface area contributed by atoms with E-state index >= 15 is 0 Å². The highest BCUT2D eigenvalue weighted by Gasteiger charge is 2.23. The average Bonchev–Trinajstić information content (AvgIpc) is 2.40. The molecule has 0 aliphatic carbocycles. The van der Waals surface area contributed by atoms with Crippen LogP contribution in [-0.2, 0) is 11.3 Å². The van der Waals surface area contributed by atoms with Gasteiger partial charge in [-0.15, -0.1) is 0 Å². The molecule has 8 heteroatoms. The van der Waals surface area contributed by atoms with Crippen molar-refractivity contribution in [3.63, 3.8) is 0 Å². The number of aromatic nitrogens is 2. The van der Waals surface area contributed by atoms with Gasteiger partial charge in [-0.25, -0.2) is 4.79 Å². The Morgan fingerprint density at radius 2 is 2.05 bits per heavy atom. The molecule has 8 nitrogen and oxygen atoms in total. The van der Waals surface area contributed by atoms with Gasteiger partial charge in [-0.05, 0) is 12.8 Å². The van der Waals surface area contributed by atoms with Gasteiger partial charge in [-0.2, -0.15) is 0 Å². The number of nitrogen functional groups attached to an aromatic ring is 1. The Balaban J connectivity index is 2.37. The molecule has 2 heterocycles. The van der Waals surface area contributed by atoms with Crippen LogP contribution in [0.4, 0.5) is 11.5 Å². The number of nitrogens with two attached hydrogens (primary N) is 1. The second-order valence-corrected chi connectivity index (χ2v) is 4.86. The van der Waals surface area contributed by atoms with Gasteiger partial charge in [0, 0.05) is 20.2 Å². The molecule has 20 heavy (non-hydrogen) atoms. The molecule has 0 amide bonds. The minimum atomic E-state index is -0.537. The molecule has 0 atom stereocenters. The topological polar surface area (TPSA) is 114 Å². The Labute approximate surface area is 115 Å². The van der Waals surface area contributed by atoms with E-state index in [-0.39, 0.29) is 18.5 Å². The molecular formula is C12H20N4O4. The molecule has 1 saturated heterocycles. The number of anilines is 2. The first-order chi connectivity index (χ1) is 9.54. The molecule has 1 aliphatic heterocycles. The fraction of sp³-hybridized carbons (Fsp3) is 0.667. The van der Waals surface area contributed by atoms with E-state index in [4.69, 9.17) is 10.5 Å².